The van der Waals surface area contributed by atoms with Gasteiger partial charge in [-0.05, 0) is 18.6 Å². The first-order chi connectivity index (χ1) is 7.24. The van der Waals surface area contributed by atoms with Gasteiger partial charge in [0.2, 0.25) is 0 Å². The normalized spacial score (nSPS) is 10.1. The Balaban J connectivity index is 3.17. The molecule has 1 aromatic rings. The van der Waals surface area contributed by atoms with E-state index in [9.17, 15) is 0 Å². The Kier molecular flexibility index (Phi) is 4.20. The monoisotopic (exact) mass is 203 g/mol. The minimum Gasteiger partial charge on any atom is -0.493 e. The van der Waals surface area contributed by atoms with Gasteiger partial charge in [0.1, 0.15) is 5.75 Å². The van der Waals surface area contributed by atoms with Crippen LogP contribution in [0.3, 0.4) is 0 Å². The SMILES string of the molecule is C#Cc1c(OCC)cccc1[C](C)CO. The molecular weight excluding hydrogens is 188 g/mol. The van der Waals surface area contributed by atoms with Crippen LogP contribution in [0.4, 0.5) is 0 Å². The lowest BCUT2D eigenvalue weighted by Crippen LogP contribution is -2.05. The van der Waals surface area contributed by atoms with E-state index in [1.165, 1.54) is 0 Å². The molecule has 2 heteroatoms. The fourth-order valence-electron chi connectivity index (χ4n) is 1.40. The van der Waals surface area contributed by atoms with Crippen molar-refractivity contribution in [1.82, 2.24) is 0 Å². The third kappa shape index (κ3) is 2.51. The molecule has 0 amide bonds. The third-order valence-electron chi connectivity index (χ3n) is 2.17. The minimum absolute atomic E-state index is 0.00422. The summed E-state index contributed by atoms with van der Waals surface area (Å²) in [4.78, 5) is 0. The fourth-order valence-corrected chi connectivity index (χ4v) is 1.40. The molecule has 0 aliphatic carbocycles. The minimum atomic E-state index is 0.00422. The van der Waals surface area contributed by atoms with Gasteiger partial charge in [-0.25, -0.2) is 0 Å². The lowest BCUT2D eigenvalue weighted by atomic mass is 9.96. The fraction of sp³-hybridized carbons (Fsp3) is 0.308. The molecule has 0 aliphatic rings. The largest absolute Gasteiger partial charge is 0.493 e. The second-order valence-electron chi connectivity index (χ2n) is 3.19. The molecule has 0 heterocycles. The number of aliphatic hydroxyl groups excluding tert-OH is 1. The molecule has 79 valence electrons. The van der Waals surface area contributed by atoms with Gasteiger partial charge >= 0.3 is 0 Å². The van der Waals surface area contributed by atoms with Crippen molar-refractivity contribution in [3.63, 3.8) is 0 Å². The molecule has 0 unspecified atom stereocenters. The van der Waals surface area contributed by atoms with E-state index in [1.54, 1.807) is 0 Å². The van der Waals surface area contributed by atoms with Gasteiger partial charge in [0.25, 0.3) is 0 Å². The van der Waals surface area contributed by atoms with E-state index in [0.29, 0.717) is 17.9 Å². The van der Waals surface area contributed by atoms with Gasteiger partial charge in [-0.3, -0.25) is 0 Å². The Morgan fingerprint density at radius 2 is 2.27 bits per heavy atom. The van der Waals surface area contributed by atoms with Crippen LogP contribution < -0.4 is 4.74 Å². The second kappa shape index (κ2) is 5.43. The Labute approximate surface area is 90.9 Å². The summed E-state index contributed by atoms with van der Waals surface area (Å²) in [5.41, 5.74) is 1.59. The van der Waals surface area contributed by atoms with Crippen molar-refractivity contribution in [1.29, 1.82) is 0 Å². The highest BCUT2D eigenvalue weighted by atomic mass is 16.5. The third-order valence-corrected chi connectivity index (χ3v) is 2.17. The van der Waals surface area contributed by atoms with Crippen molar-refractivity contribution in [2.24, 2.45) is 0 Å². The van der Waals surface area contributed by atoms with Gasteiger partial charge in [-0.1, -0.05) is 25.0 Å². The average molecular weight is 203 g/mol. The predicted molar refractivity (Wildman–Crippen MR) is 60.7 cm³/mol. The zero-order chi connectivity index (χ0) is 11.3. The molecule has 0 aromatic heterocycles. The quantitative estimate of drug-likeness (QED) is 0.758. The van der Waals surface area contributed by atoms with Crippen LogP contribution in [0.25, 0.3) is 0 Å². The molecule has 1 rings (SSSR count). The van der Waals surface area contributed by atoms with Crippen molar-refractivity contribution in [2.75, 3.05) is 13.2 Å². The Morgan fingerprint density at radius 1 is 1.53 bits per heavy atom. The van der Waals surface area contributed by atoms with Crippen LogP contribution in [0.1, 0.15) is 25.0 Å². The molecule has 1 N–H and O–H groups in total. The van der Waals surface area contributed by atoms with Gasteiger partial charge in [0.05, 0.1) is 18.8 Å². The zero-order valence-electron chi connectivity index (χ0n) is 9.08. The first-order valence-corrected chi connectivity index (χ1v) is 4.90. The van der Waals surface area contributed by atoms with Crippen LogP contribution in [-0.4, -0.2) is 18.3 Å². The van der Waals surface area contributed by atoms with Crippen molar-refractivity contribution < 1.29 is 9.84 Å². The van der Waals surface area contributed by atoms with Gasteiger partial charge in [0, 0.05) is 5.92 Å². The van der Waals surface area contributed by atoms with Gasteiger partial charge in [0.15, 0.2) is 0 Å². The first-order valence-electron chi connectivity index (χ1n) is 4.90. The molecule has 0 saturated carbocycles. The number of hydrogen-bond acceptors (Lipinski definition) is 2. The van der Waals surface area contributed by atoms with Crippen LogP contribution in [0, 0.1) is 18.3 Å². The van der Waals surface area contributed by atoms with Gasteiger partial charge < -0.3 is 9.84 Å². The molecule has 0 saturated heterocycles. The first kappa shape index (κ1) is 11.6. The highest BCUT2D eigenvalue weighted by Gasteiger charge is 2.12. The van der Waals surface area contributed by atoms with Crippen LogP contribution >= 0.6 is 0 Å². The van der Waals surface area contributed by atoms with E-state index >= 15 is 0 Å². The number of benzene rings is 1. The number of rotatable bonds is 4. The lowest BCUT2D eigenvalue weighted by Gasteiger charge is -2.13. The molecule has 0 aliphatic heterocycles. The number of hydrogen-bond donors (Lipinski definition) is 1. The molecule has 15 heavy (non-hydrogen) atoms. The van der Waals surface area contributed by atoms with Crippen molar-refractivity contribution >= 4 is 0 Å². The molecule has 0 bridgehead atoms. The van der Waals surface area contributed by atoms with E-state index in [1.807, 2.05) is 32.0 Å². The highest BCUT2D eigenvalue weighted by Crippen LogP contribution is 2.26. The molecule has 1 aromatic carbocycles. The summed E-state index contributed by atoms with van der Waals surface area (Å²) in [5.74, 6) is 4.16. The summed E-state index contributed by atoms with van der Waals surface area (Å²) in [6.07, 6.45) is 5.45. The molecule has 1 radical (unpaired) electrons. The maximum atomic E-state index is 9.08. The van der Waals surface area contributed by atoms with E-state index in [-0.39, 0.29) is 6.61 Å². The molecule has 0 atom stereocenters. The van der Waals surface area contributed by atoms with Crippen molar-refractivity contribution in [3.05, 3.63) is 35.2 Å². The summed E-state index contributed by atoms with van der Waals surface area (Å²) in [6.45, 7) is 4.35. The summed E-state index contributed by atoms with van der Waals surface area (Å²) in [5, 5.41) is 9.08. The van der Waals surface area contributed by atoms with Crippen LogP contribution in [-0.2, 0) is 0 Å². The van der Waals surface area contributed by atoms with E-state index in [4.69, 9.17) is 16.3 Å². The van der Waals surface area contributed by atoms with E-state index in [0.717, 1.165) is 11.5 Å². The predicted octanol–water partition coefficient (Wildman–Crippen LogP) is 2.00. The van der Waals surface area contributed by atoms with E-state index < -0.39 is 0 Å². The average Bonchev–Trinajstić information content (AvgIpc) is 2.28. The van der Waals surface area contributed by atoms with Gasteiger partial charge in [-0.2, -0.15) is 0 Å². The Bertz CT molecular complexity index is 363. The molecule has 0 fully saturated rings. The second-order valence-corrected chi connectivity index (χ2v) is 3.19. The Hall–Kier alpha value is -1.46. The molecule has 0 spiro atoms. The van der Waals surface area contributed by atoms with Crippen molar-refractivity contribution in [2.45, 2.75) is 13.8 Å². The summed E-state index contributed by atoms with van der Waals surface area (Å²) in [7, 11) is 0. The zero-order valence-corrected chi connectivity index (χ0v) is 9.08. The highest BCUT2D eigenvalue weighted by molar-refractivity contribution is 5.55. The maximum absolute atomic E-state index is 9.08. The summed E-state index contributed by atoms with van der Waals surface area (Å²) >= 11 is 0. The summed E-state index contributed by atoms with van der Waals surface area (Å²) in [6, 6.07) is 5.61. The lowest BCUT2D eigenvalue weighted by molar-refractivity contribution is 0.314. The van der Waals surface area contributed by atoms with Gasteiger partial charge in [-0.15, -0.1) is 6.42 Å². The maximum Gasteiger partial charge on any atom is 0.135 e. The molecule has 2 nitrogen and oxygen atoms in total. The van der Waals surface area contributed by atoms with Crippen LogP contribution in [0.5, 0.6) is 5.75 Å². The standard InChI is InChI=1S/C13H15O2/c1-4-11-12(10(3)9-14)7-6-8-13(11)15-5-2/h1,6-8,14H,5,9H2,2-3H3. The van der Waals surface area contributed by atoms with Crippen LogP contribution in [0.2, 0.25) is 0 Å². The van der Waals surface area contributed by atoms with E-state index in [2.05, 4.69) is 5.92 Å². The number of ether oxygens (including phenoxy) is 1. The molecular formula is C13H15O2. The Morgan fingerprint density at radius 3 is 2.80 bits per heavy atom. The smallest absolute Gasteiger partial charge is 0.135 e. The topological polar surface area (TPSA) is 29.5 Å². The van der Waals surface area contributed by atoms with Crippen molar-refractivity contribution in [3.8, 4) is 18.1 Å². The number of aliphatic hydroxyl groups is 1. The summed E-state index contributed by atoms with van der Waals surface area (Å²) < 4.78 is 5.43. The van der Waals surface area contributed by atoms with Crippen LogP contribution in [0.15, 0.2) is 18.2 Å². The number of terminal acetylenes is 1.